The molecule has 0 unspecified atom stereocenters. The van der Waals surface area contributed by atoms with Gasteiger partial charge in [-0.05, 0) is 52.9 Å². The molecule has 3 N–H and O–H groups in total. The SMILES string of the molecule is CN(C)CC(=O)N[C@@H](Cc1cn(C)c2ccccc12)C(=O)N[C@@H](CCC(=O)C=N)C(=O)OC(C)(C)C. The molecule has 0 fully saturated rings. The minimum atomic E-state index is -1.11. The van der Waals surface area contributed by atoms with Gasteiger partial charge in [-0.1, -0.05) is 18.2 Å². The number of para-hydroxylation sites is 1. The molecular weight excluding hydrogens is 462 g/mol. The van der Waals surface area contributed by atoms with E-state index < -0.39 is 35.3 Å². The Morgan fingerprint density at radius 3 is 2.39 bits per heavy atom. The lowest BCUT2D eigenvalue weighted by Gasteiger charge is -2.26. The third kappa shape index (κ3) is 8.60. The van der Waals surface area contributed by atoms with Crippen molar-refractivity contribution in [1.29, 1.82) is 5.41 Å². The fraction of sp³-hybridized carbons (Fsp3) is 0.500. The number of hydrogen-bond donors (Lipinski definition) is 3. The summed E-state index contributed by atoms with van der Waals surface area (Å²) in [5.74, 6) is -2.05. The fourth-order valence-electron chi connectivity index (χ4n) is 3.80. The number of fused-ring (bicyclic) bond motifs is 1. The molecular formula is C26H37N5O5. The zero-order valence-corrected chi connectivity index (χ0v) is 21.9. The van der Waals surface area contributed by atoms with Gasteiger partial charge in [0, 0.05) is 37.0 Å². The van der Waals surface area contributed by atoms with E-state index in [2.05, 4.69) is 10.6 Å². The summed E-state index contributed by atoms with van der Waals surface area (Å²) in [6.07, 6.45) is 2.67. The Balaban J connectivity index is 2.32. The third-order valence-corrected chi connectivity index (χ3v) is 5.36. The first-order valence-corrected chi connectivity index (χ1v) is 11.8. The van der Waals surface area contributed by atoms with Gasteiger partial charge in [0.1, 0.15) is 17.7 Å². The first kappa shape index (κ1) is 28.7. The van der Waals surface area contributed by atoms with Crippen LogP contribution < -0.4 is 10.6 Å². The number of nitrogens with one attached hydrogen (secondary N) is 3. The number of ether oxygens (including phenoxy) is 1. The molecule has 0 bridgehead atoms. The molecule has 2 amide bonds. The molecule has 0 radical (unpaired) electrons. The highest BCUT2D eigenvalue weighted by atomic mass is 16.6. The van der Waals surface area contributed by atoms with Crippen LogP contribution in [-0.2, 0) is 37.4 Å². The van der Waals surface area contributed by atoms with Gasteiger partial charge in [-0.3, -0.25) is 14.4 Å². The standard InChI is InChI=1S/C26H37N5O5/c1-26(2,3)36-25(35)20(12-11-18(32)14-27)29-24(34)21(28-23(33)16-30(4)5)13-17-15-31(6)22-10-8-7-9-19(17)22/h7-10,14-15,20-21,27H,11-13,16H2,1-6H3,(H,28,33)(H,29,34)/t20-,21-/m0/s1. The lowest BCUT2D eigenvalue weighted by Crippen LogP contribution is -2.54. The number of hydrogen-bond acceptors (Lipinski definition) is 7. The molecule has 1 aromatic carbocycles. The van der Waals surface area contributed by atoms with Crippen molar-refractivity contribution in [2.24, 2.45) is 7.05 Å². The van der Waals surface area contributed by atoms with Crippen LogP contribution in [0.3, 0.4) is 0 Å². The summed E-state index contributed by atoms with van der Waals surface area (Å²) < 4.78 is 7.39. The van der Waals surface area contributed by atoms with Crippen LogP contribution >= 0.6 is 0 Å². The van der Waals surface area contributed by atoms with Gasteiger partial charge in [-0.15, -0.1) is 0 Å². The van der Waals surface area contributed by atoms with E-state index in [0.717, 1.165) is 16.5 Å². The number of rotatable bonds is 12. The molecule has 0 saturated carbocycles. The fourth-order valence-corrected chi connectivity index (χ4v) is 3.80. The second kappa shape index (κ2) is 12.4. The van der Waals surface area contributed by atoms with Gasteiger partial charge in [0.15, 0.2) is 5.78 Å². The minimum Gasteiger partial charge on any atom is -0.458 e. The lowest BCUT2D eigenvalue weighted by molar-refractivity contribution is -0.159. The minimum absolute atomic E-state index is 0.0263. The number of carbonyl (C=O) groups is 4. The first-order chi connectivity index (χ1) is 16.8. The van der Waals surface area contributed by atoms with E-state index >= 15 is 0 Å². The number of aryl methyl sites for hydroxylation is 1. The van der Waals surface area contributed by atoms with Crippen molar-refractivity contribution in [3.63, 3.8) is 0 Å². The number of likely N-dealkylation sites (N-methyl/N-ethyl adjacent to an activating group) is 1. The summed E-state index contributed by atoms with van der Waals surface area (Å²) in [5, 5.41) is 13.5. The second-order valence-corrected chi connectivity index (χ2v) is 10.1. The first-order valence-electron chi connectivity index (χ1n) is 11.8. The van der Waals surface area contributed by atoms with Crippen LogP contribution in [0.1, 0.15) is 39.2 Å². The average Bonchev–Trinajstić information content (AvgIpc) is 3.09. The Kier molecular flexibility index (Phi) is 9.92. The maximum Gasteiger partial charge on any atom is 0.329 e. The summed E-state index contributed by atoms with van der Waals surface area (Å²) in [7, 11) is 5.40. The molecule has 0 aliphatic heterocycles. The topological polar surface area (TPSA) is 134 Å². The van der Waals surface area contributed by atoms with Crippen molar-refractivity contribution < 1.29 is 23.9 Å². The van der Waals surface area contributed by atoms with Gasteiger partial charge in [-0.25, -0.2) is 4.79 Å². The largest absolute Gasteiger partial charge is 0.458 e. The highest BCUT2D eigenvalue weighted by molar-refractivity contribution is 6.26. The van der Waals surface area contributed by atoms with Gasteiger partial charge < -0.3 is 30.2 Å². The molecule has 2 aromatic rings. The Morgan fingerprint density at radius 1 is 1.11 bits per heavy atom. The summed E-state index contributed by atoms with van der Waals surface area (Å²) >= 11 is 0. The van der Waals surface area contributed by atoms with E-state index in [4.69, 9.17) is 10.1 Å². The summed E-state index contributed by atoms with van der Waals surface area (Å²) in [4.78, 5) is 52.2. The Hall–Kier alpha value is -3.53. The predicted octanol–water partition coefficient (Wildman–Crippen LogP) is 1.59. The number of carbonyl (C=O) groups excluding carboxylic acids is 4. The smallest absolute Gasteiger partial charge is 0.329 e. The van der Waals surface area contributed by atoms with Crippen LogP contribution in [0.5, 0.6) is 0 Å². The van der Waals surface area contributed by atoms with Gasteiger partial charge in [0.2, 0.25) is 11.8 Å². The second-order valence-electron chi connectivity index (χ2n) is 10.1. The molecule has 10 nitrogen and oxygen atoms in total. The van der Waals surface area contributed by atoms with Crippen LogP contribution in [0, 0.1) is 5.41 Å². The number of ketones is 1. The summed E-state index contributed by atoms with van der Waals surface area (Å²) in [6, 6.07) is 5.68. The van der Waals surface area contributed by atoms with Crippen LogP contribution in [0.15, 0.2) is 30.5 Å². The third-order valence-electron chi connectivity index (χ3n) is 5.36. The van der Waals surface area contributed by atoms with Crippen LogP contribution in [0.4, 0.5) is 0 Å². The van der Waals surface area contributed by atoms with Crippen molar-refractivity contribution in [2.45, 2.75) is 57.7 Å². The highest BCUT2D eigenvalue weighted by Gasteiger charge is 2.31. The molecule has 1 heterocycles. The average molecular weight is 500 g/mol. The van der Waals surface area contributed by atoms with Crippen molar-refractivity contribution in [3.05, 3.63) is 36.0 Å². The molecule has 0 saturated heterocycles. The molecule has 196 valence electrons. The normalized spacial score (nSPS) is 13.2. The summed E-state index contributed by atoms with van der Waals surface area (Å²) in [5.41, 5.74) is 1.06. The van der Waals surface area contributed by atoms with E-state index in [1.54, 1.807) is 39.8 Å². The van der Waals surface area contributed by atoms with Gasteiger partial charge in [0.25, 0.3) is 0 Å². The Labute approximate surface area is 211 Å². The number of amides is 2. The Bertz CT molecular complexity index is 1120. The molecule has 2 rings (SSSR count). The van der Waals surface area contributed by atoms with E-state index in [-0.39, 0.29) is 31.7 Å². The zero-order chi connectivity index (χ0) is 27.0. The number of Topliss-reactive ketones (excluding diaryl/α,β-unsaturated/α-hetero) is 1. The Morgan fingerprint density at radius 2 is 1.78 bits per heavy atom. The monoisotopic (exact) mass is 499 g/mol. The molecule has 36 heavy (non-hydrogen) atoms. The van der Waals surface area contributed by atoms with Gasteiger partial charge in [-0.2, -0.15) is 0 Å². The van der Waals surface area contributed by atoms with Crippen molar-refractivity contribution in [3.8, 4) is 0 Å². The maximum atomic E-state index is 13.4. The van der Waals surface area contributed by atoms with Crippen LogP contribution in [-0.4, -0.2) is 77.6 Å². The zero-order valence-electron chi connectivity index (χ0n) is 21.9. The lowest BCUT2D eigenvalue weighted by atomic mass is 10.0. The highest BCUT2D eigenvalue weighted by Crippen LogP contribution is 2.22. The van der Waals surface area contributed by atoms with E-state index in [1.165, 1.54) is 0 Å². The van der Waals surface area contributed by atoms with E-state index in [0.29, 0.717) is 6.21 Å². The molecule has 1 aromatic heterocycles. The number of benzene rings is 1. The van der Waals surface area contributed by atoms with Crippen LogP contribution in [0.2, 0.25) is 0 Å². The van der Waals surface area contributed by atoms with Crippen LogP contribution in [0.25, 0.3) is 10.9 Å². The molecule has 0 aliphatic carbocycles. The molecule has 2 atom stereocenters. The van der Waals surface area contributed by atoms with Gasteiger partial charge >= 0.3 is 5.97 Å². The van der Waals surface area contributed by atoms with Crippen molar-refractivity contribution in [1.82, 2.24) is 20.1 Å². The van der Waals surface area contributed by atoms with Crippen molar-refractivity contribution in [2.75, 3.05) is 20.6 Å². The molecule has 0 spiro atoms. The molecule has 0 aliphatic rings. The summed E-state index contributed by atoms with van der Waals surface area (Å²) in [6.45, 7) is 5.20. The van der Waals surface area contributed by atoms with Gasteiger partial charge in [0.05, 0.1) is 12.8 Å². The number of aromatic nitrogens is 1. The van der Waals surface area contributed by atoms with E-state index in [9.17, 15) is 19.2 Å². The number of nitrogens with zero attached hydrogens (tertiary/aromatic N) is 2. The van der Waals surface area contributed by atoms with E-state index in [1.807, 2.05) is 42.1 Å². The maximum absolute atomic E-state index is 13.4. The number of esters is 1. The van der Waals surface area contributed by atoms with Crippen molar-refractivity contribution >= 4 is 40.7 Å². The predicted molar refractivity (Wildman–Crippen MR) is 138 cm³/mol. The molecule has 10 heteroatoms. The quantitative estimate of drug-likeness (QED) is 0.300.